The van der Waals surface area contributed by atoms with Gasteiger partial charge in [-0.25, -0.2) is 0 Å². The van der Waals surface area contributed by atoms with E-state index in [9.17, 15) is 4.79 Å². The van der Waals surface area contributed by atoms with Gasteiger partial charge in [-0.05, 0) is 0 Å². The van der Waals surface area contributed by atoms with Crippen LogP contribution in [0.5, 0.6) is 0 Å². The van der Waals surface area contributed by atoms with Gasteiger partial charge in [-0.1, -0.05) is 0 Å². The minimum atomic E-state index is 0.219. The predicted octanol–water partition coefficient (Wildman–Crippen LogP) is 0.409. The second-order valence-corrected chi connectivity index (χ2v) is 4.12. The fourth-order valence-electron chi connectivity index (χ4n) is 0.424. The Bertz CT molecular complexity index is 107. The van der Waals surface area contributed by atoms with Crippen molar-refractivity contribution in [2.24, 2.45) is 0 Å². The van der Waals surface area contributed by atoms with E-state index in [1.807, 2.05) is 0 Å². The Hall–Kier alpha value is 0.279. The number of carbonyl (C=O) groups excluding carboxylic acids is 1. The van der Waals surface area contributed by atoms with Crippen LogP contribution in [0.15, 0.2) is 0 Å². The number of hydrogen-bond acceptors (Lipinski definition) is 2. The molecule has 0 aliphatic carbocycles. The summed E-state index contributed by atoms with van der Waals surface area (Å²) in [6.45, 7) is 0. The zero-order chi connectivity index (χ0) is 5.28. The summed E-state index contributed by atoms with van der Waals surface area (Å²) in [7, 11) is 0. The van der Waals surface area contributed by atoms with Crippen molar-refractivity contribution in [3.8, 4) is 0 Å². The van der Waals surface area contributed by atoms with E-state index in [1.165, 1.54) is 0 Å². The Balaban J connectivity index is 2.55. The van der Waals surface area contributed by atoms with E-state index in [0.29, 0.717) is 11.1 Å². The maximum atomic E-state index is 10.4. The molecule has 0 aromatic heterocycles. The third-order valence-corrected chi connectivity index (χ3v) is 3.45. The van der Waals surface area contributed by atoms with Gasteiger partial charge in [0.25, 0.3) is 0 Å². The zero-order valence-electron chi connectivity index (χ0n) is 3.64. The van der Waals surface area contributed by atoms with Crippen LogP contribution in [-0.2, 0) is 4.79 Å². The monoisotopic (exact) mass is 180 g/mol. The van der Waals surface area contributed by atoms with Crippen LogP contribution in [0, 0.1) is 0 Å². The first kappa shape index (κ1) is 5.42. The van der Waals surface area contributed by atoms with Crippen molar-refractivity contribution in [3.63, 3.8) is 0 Å². The molecule has 1 rings (SSSR count). The number of hydrogen-bond donors (Lipinski definition) is 0. The first-order valence-corrected chi connectivity index (χ1v) is 4.44. The van der Waals surface area contributed by atoms with Gasteiger partial charge >= 0.3 is 53.3 Å². The van der Waals surface area contributed by atoms with E-state index in [4.69, 9.17) is 12.2 Å². The summed E-state index contributed by atoms with van der Waals surface area (Å²) < 4.78 is 0.373. The van der Waals surface area contributed by atoms with Crippen LogP contribution in [0.3, 0.4) is 0 Å². The fourth-order valence-corrected chi connectivity index (χ4v) is 2.54. The number of rotatable bonds is 0. The van der Waals surface area contributed by atoms with E-state index < -0.39 is 0 Å². The molecule has 0 N–H and O–H groups in total. The van der Waals surface area contributed by atoms with Crippen LogP contribution >= 0.6 is 12.2 Å². The van der Waals surface area contributed by atoms with E-state index >= 15 is 0 Å². The van der Waals surface area contributed by atoms with Crippen molar-refractivity contribution >= 4 is 36.7 Å². The molecule has 0 unspecified atom stereocenters. The molecule has 0 atom stereocenters. The first-order chi connectivity index (χ1) is 3.29. The topological polar surface area (TPSA) is 17.1 Å². The van der Waals surface area contributed by atoms with Gasteiger partial charge in [0.05, 0.1) is 0 Å². The van der Waals surface area contributed by atoms with Crippen molar-refractivity contribution in [1.82, 2.24) is 0 Å². The van der Waals surface area contributed by atoms with Crippen molar-refractivity contribution in [2.75, 3.05) is 0 Å². The maximum absolute atomic E-state index is 10.4. The summed E-state index contributed by atoms with van der Waals surface area (Å²) in [4.78, 5) is 11.4. The van der Waals surface area contributed by atoms with Crippen LogP contribution < -0.4 is 0 Å². The van der Waals surface area contributed by atoms with Crippen LogP contribution in [0.1, 0.15) is 6.42 Å². The molecular weight excluding hydrogens is 175 g/mol. The van der Waals surface area contributed by atoms with Crippen molar-refractivity contribution < 1.29 is 4.79 Å². The summed E-state index contributed by atoms with van der Waals surface area (Å²) >= 11 is 5.01. The second kappa shape index (κ2) is 2.03. The molecule has 1 saturated heterocycles. The molecule has 38 valence electrons. The standard InChI is InChI=1S/C4H4OSSe/c5-4-1-3(6)2-7-4/h1-2H2. The number of thiocarbonyl (C=S) groups is 1. The Morgan fingerprint density at radius 3 is 2.57 bits per heavy atom. The van der Waals surface area contributed by atoms with E-state index in [0.717, 1.165) is 10.2 Å². The molecule has 0 aromatic carbocycles. The van der Waals surface area contributed by atoms with Crippen LogP contribution in [0.4, 0.5) is 0 Å². The number of carbonyl (C=O) groups is 1. The summed E-state index contributed by atoms with van der Waals surface area (Å²) in [6, 6.07) is 0. The van der Waals surface area contributed by atoms with E-state index in [1.54, 1.807) is 0 Å². The molecule has 3 heteroatoms. The fraction of sp³-hybridized carbons (Fsp3) is 0.500. The summed E-state index contributed by atoms with van der Waals surface area (Å²) in [5, 5.41) is 0.918. The molecule has 0 aromatic rings. The van der Waals surface area contributed by atoms with E-state index in [-0.39, 0.29) is 15.0 Å². The van der Waals surface area contributed by atoms with Crippen molar-refractivity contribution in [3.05, 3.63) is 0 Å². The summed E-state index contributed by atoms with van der Waals surface area (Å²) in [5.41, 5.74) is 0. The first-order valence-electron chi connectivity index (χ1n) is 1.96. The Labute approximate surface area is 53.6 Å². The molecule has 0 spiro atoms. The van der Waals surface area contributed by atoms with E-state index in [2.05, 4.69) is 0 Å². The van der Waals surface area contributed by atoms with Crippen LogP contribution in [0.2, 0.25) is 5.32 Å². The average Bonchev–Trinajstić information content (AvgIpc) is 1.87. The van der Waals surface area contributed by atoms with Gasteiger partial charge in [-0.3, -0.25) is 0 Å². The zero-order valence-corrected chi connectivity index (χ0v) is 6.17. The second-order valence-electron chi connectivity index (χ2n) is 1.38. The average molecular weight is 179 g/mol. The third kappa shape index (κ3) is 1.34. The quantitative estimate of drug-likeness (QED) is 0.395. The Morgan fingerprint density at radius 2 is 2.43 bits per heavy atom. The molecular formula is C4H4OSSe. The molecule has 7 heavy (non-hydrogen) atoms. The third-order valence-electron chi connectivity index (χ3n) is 0.736. The molecule has 0 saturated carbocycles. The Morgan fingerprint density at radius 1 is 1.71 bits per heavy atom. The van der Waals surface area contributed by atoms with Gasteiger partial charge in [0.2, 0.25) is 0 Å². The van der Waals surface area contributed by atoms with Gasteiger partial charge in [0.1, 0.15) is 0 Å². The Kier molecular flexibility index (Phi) is 1.57. The van der Waals surface area contributed by atoms with Gasteiger partial charge in [0, 0.05) is 0 Å². The van der Waals surface area contributed by atoms with Crippen LogP contribution in [-0.4, -0.2) is 24.5 Å². The molecule has 0 bridgehead atoms. The van der Waals surface area contributed by atoms with Crippen molar-refractivity contribution in [1.29, 1.82) is 0 Å². The SMILES string of the molecule is O=C1CC(=S)C[Se]1. The molecule has 1 fully saturated rings. The normalized spacial score (nSPS) is 21.1. The van der Waals surface area contributed by atoms with Crippen molar-refractivity contribution in [2.45, 2.75) is 11.7 Å². The van der Waals surface area contributed by atoms with Gasteiger partial charge in [-0.2, -0.15) is 0 Å². The molecule has 0 amide bonds. The predicted molar refractivity (Wildman–Crippen MR) is 32.8 cm³/mol. The summed E-state index contributed by atoms with van der Waals surface area (Å²) in [6.07, 6.45) is 0.593. The molecule has 1 aliphatic rings. The van der Waals surface area contributed by atoms with Gasteiger partial charge in [0.15, 0.2) is 0 Å². The molecule has 0 radical (unpaired) electrons. The van der Waals surface area contributed by atoms with Crippen LogP contribution in [0.25, 0.3) is 0 Å². The molecule has 1 aliphatic heterocycles. The van der Waals surface area contributed by atoms with Gasteiger partial charge < -0.3 is 0 Å². The molecule has 1 heterocycles. The molecule has 1 nitrogen and oxygen atoms in total. The van der Waals surface area contributed by atoms with Gasteiger partial charge in [-0.15, -0.1) is 0 Å². The minimum absolute atomic E-state index is 0.219. The summed E-state index contributed by atoms with van der Waals surface area (Å²) in [5.74, 6) is 0.